The number of nitrogens with one attached hydrogen (secondary N) is 2. The Morgan fingerprint density at radius 1 is 0.964 bits per heavy atom. The van der Waals surface area contributed by atoms with Crippen LogP contribution in [-0.4, -0.2) is 29.6 Å². The monoisotopic (exact) mass is 388 g/mol. The Bertz CT molecular complexity index is 561. The van der Waals surface area contributed by atoms with Crippen LogP contribution >= 0.6 is 0 Å². The van der Waals surface area contributed by atoms with Crippen molar-refractivity contribution < 1.29 is 9.59 Å². The molecule has 0 unspecified atom stereocenters. The van der Waals surface area contributed by atoms with Crippen molar-refractivity contribution >= 4 is 18.0 Å². The molecule has 0 radical (unpaired) electrons. The molecule has 0 saturated carbocycles. The van der Waals surface area contributed by atoms with Crippen molar-refractivity contribution in [3.05, 3.63) is 30.1 Å². The number of carbonyl (C=O) groups excluding carboxylic acids is 2. The molecule has 2 amide bonds. The van der Waals surface area contributed by atoms with Gasteiger partial charge in [0.1, 0.15) is 0 Å². The average Bonchev–Trinajstić information content (AvgIpc) is 2.71. The van der Waals surface area contributed by atoms with E-state index in [9.17, 15) is 9.59 Å². The summed E-state index contributed by atoms with van der Waals surface area (Å²) >= 11 is 0. The van der Waals surface area contributed by atoms with E-state index in [2.05, 4.69) is 27.8 Å². The van der Waals surface area contributed by atoms with Gasteiger partial charge in [0.15, 0.2) is 0 Å². The number of rotatable bonds is 16. The molecule has 2 N–H and O–H groups in total. The SMILES string of the molecule is CCCCCCCCCCCCCC(=O)NCC(=O)N/N=C\c1cccnc1. The number of hydrogen-bond donors (Lipinski definition) is 2. The third-order valence-electron chi connectivity index (χ3n) is 4.54. The van der Waals surface area contributed by atoms with Gasteiger partial charge >= 0.3 is 0 Å². The zero-order chi connectivity index (χ0) is 20.3. The van der Waals surface area contributed by atoms with Gasteiger partial charge in [0.05, 0.1) is 12.8 Å². The first-order chi connectivity index (χ1) is 13.7. The summed E-state index contributed by atoms with van der Waals surface area (Å²) in [7, 11) is 0. The Morgan fingerprint density at radius 2 is 1.61 bits per heavy atom. The Kier molecular flexibility index (Phi) is 14.4. The Morgan fingerprint density at radius 3 is 2.21 bits per heavy atom. The van der Waals surface area contributed by atoms with Crippen LogP contribution in [0.15, 0.2) is 29.6 Å². The molecule has 28 heavy (non-hydrogen) atoms. The lowest BCUT2D eigenvalue weighted by Gasteiger charge is -2.05. The zero-order valence-electron chi connectivity index (χ0n) is 17.3. The van der Waals surface area contributed by atoms with Crippen LogP contribution < -0.4 is 10.7 Å². The molecule has 0 aromatic carbocycles. The minimum absolute atomic E-state index is 0.0543. The van der Waals surface area contributed by atoms with Gasteiger partial charge in [0.2, 0.25) is 5.91 Å². The second kappa shape index (κ2) is 16.9. The maximum atomic E-state index is 11.8. The molecule has 6 heteroatoms. The molecular formula is C22H36N4O2. The molecule has 1 aromatic rings. The van der Waals surface area contributed by atoms with Gasteiger partial charge in [-0.3, -0.25) is 14.6 Å². The highest BCUT2D eigenvalue weighted by Gasteiger charge is 2.04. The van der Waals surface area contributed by atoms with Crippen molar-refractivity contribution in [1.82, 2.24) is 15.7 Å². The number of unbranched alkanes of at least 4 members (excludes halogenated alkanes) is 10. The fraction of sp³-hybridized carbons (Fsp3) is 0.636. The quantitative estimate of drug-likeness (QED) is 0.251. The first-order valence-electron chi connectivity index (χ1n) is 10.7. The van der Waals surface area contributed by atoms with Gasteiger partial charge < -0.3 is 5.32 Å². The van der Waals surface area contributed by atoms with E-state index < -0.39 is 0 Å². The maximum absolute atomic E-state index is 11.8. The van der Waals surface area contributed by atoms with Gasteiger partial charge in [-0.05, 0) is 12.5 Å². The molecule has 0 fully saturated rings. The fourth-order valence-electron chi connectivity index (χ4n) is 2.89. The van der Waals surface area contributed by atoms with Crippen molar-refractivity contribution in [3.8, 4) is 0 Å². The van der Waals surface area contributed by atoms with Crippen molar-refractivity contribution in [2.45, 2.75) is 84.0 Å². The molecule has 0 aliphatic heterocycles. The van der Waals surface area contributed by atoms with Gasteiger partial charge in [-0.2, -0.15) is 5.10 Å². The highest BCUT2D eigenvalue weighted by molar-refractivity contribution is 5.86. The molecule has 0 aliphatic carbocycles. The van der Waals surface area contributed by atoms with Crippen LogP contribution in [0.1, 0.15) is 89.5 Å². The minimum Gasteiger partial charge on any atom is -0.347 e. The summed E-state index contributed by atoms with van der Waals surface area (Å²) in [5.74, 6) is -0.422. The van der Waals surface area contributed by atoms with E-state index >= 15 is 0 Å². The number of aromatic nitrogens is 1. The molecule has 1 aromatic heterocycles. The molecule has 0 saturated heterocycles. The van der Waals surface area contributed by atoms with Crippen molar-refractivity contribution in [2.75, 3.05) is 6.54 Å². The topological polar surface area (TPSA) is 83.5 Å². The molecule has 1 rings (SSSR count). The first-order valence-corrected chi connectivity index (χ1v) is 10.7. The normalized spacial score (nSPS) is 10.9. The van der Waals surface area contributed by atoms with E-state index in [1.54, 1.807) is 18.5 Å². The number of nitrogens with zero attached hydrogens (tertiary/aromatic N) is 2. The number of carbonyl (C=O) groups is 2. The van der Waals surface area contributed by atoms with Crippen LogP contribution in [0, 0.1) is 0 Å². The number of hydrogen-bond acceptors (Lipinski definition) is 4. The molecular weight excluding hydrogens is 352 g/mol. The molecule has 0 aliphatic rings. The predicted octanol–water partition coefficient (Wildman–Crippen LogP) is 4.35. The molecule has 1 heterocycles. The smallest absolute Gasteiger partial charge is 0.259 e. The second-order valence-electron chi connectivity index (χ2n) is 7.14. The summed E-state index contributed by atoms with van der Waals surface area (Å²) in [6, 6.07) is 3.62. The van der Waals surface area contributed by atoms with Gasteiger partial charge in [-0.15, -0.1) is 0 Å². The van der Waals surface area contributed by atoms with Crippen LogP contribution in [0.2, 0.25) is 0 Å². The van der Waals surface area contributed by atoms with Crippen molar-refractivity contribution in [2.24, 2.45) is 5.10 Å². The third-order valence-corrected chi connectivity index (χ3v) is 4.54. The van der Waals surface area contributed by atoms with E-state index in [4.69, 9.17) is 0 Å². The largest absolute Gasteiger partial charge is 0.347 e. The zero-order valence-corrected chi connectivity index (χ0v) is 17.3. The van der Waals surface area contributed by atoms with Crippen LogP contribution in [0.25, 0.3) is 0 Å². The third kappa shape index (κ3) is 13.9. The predicted molar refractivity (Wildman–Crippen MR) is 114 cm³/mol. The van der Waals surface area contributed by atoms with E-state index in [1.807, 2.05) is 6.07 Å². The number of pyridine rings is 1. The summed E-state index contributed by atoms with van der Waals surface area (Å²) in [4.78, 5) is 27.4. The van der Waals surface area contributed by atoms with Gasteiger partial charge in [-0.25, -0.2) is 5.43 Å². The minimum atomic E-state index is -0.340. The maximum Gasteiger partial charge on any atom is 0.259 e. The molecule has 0 atom stereocenters. The first kappa shape index (κ1) is 23.8. The lowest BCUT2D eigenvalue weighted by molar-refractivity contribution is -0.126. The van der Waals surface area contributed by atoms with Crippen LogP contribution in [0.4, 0.5) is 0 Å². The highest BCUT2D eigenvalue weighted by atomic mass is 16.2. The molecule has 0 bridgehead atoms. The van der Waals surface area contributed by atoms with Crippen molar-refractivity contribution in [3.63, 3.8) is 0 Å². The fourth-order valence-corrected chi connectivity index (χ4v) is 2.89. The van der Waals surface area contributed by atoms with E-state index in [-0.39, 0.29) is 18.4 Å². The summed E-state index contributed by atoms with van der Waals surface area (Å²) in [5.41, 5.74) is 3.18. The lowest BCUT2D eigenvalue weighted by Crippen LogP contribution is -2.34. The van der Waals surface area contributed by atoms with Gasteiger partial charge in [0.25, 0.3) is 5.91 Å². The highest BCUT2D eigenvalue weighted by Crippen LogP contribution is 2.11. The van der Waals surface area contributed by atoms with Crippen LogP contribution in [0.3, 0.4) is 0 Å². The second-order valence-corrected chi connectivity index (χ2v) is 7.14. The molecule has 0 spiro atoms. The summed E-state index contributed by atoms with van der Waals surface area (Å²) in [6.45, 7) is 2.19. The Balaban J connectivity index is 1.92. The van der Waals surface area contributed by atoms with E-state index in [0.29, 0.717) is 6.42 Å². The van der Waals surface area contributed by atoms with Gasteiger partial charge in [-0.1, -0.05) is 77.2 Å². The van der Waals surface area contributed by atoms with Crippen LogP contribution in [-0.2, 0) is 9.59 Å². The summed E-state index contributed by atoms with van der Waals surface area (Å²) < 4.78 is 0. The number of amides is 2. The van der Waals surface area contributed by atoms with E-state index in [1.165, 1.54) is 64.0 Å². The molecule has 156 valence electrons. The van der Waals surface area contributed by atoms with E-state index in [0.717, 1.165) is 18.4 Å². The van der Waals surface area contributed by atoms with Crippen molar-refractivity contribution in [1.29, 1.82) is 0 Å². The summed E-state index contributed by atoms with van der Waals surface area (Å²) in [6.07, 6.45) is 19.1. The van der Waals surface area contributed by atoms with Gasteiger partial charge in [0, 0.05) is 24.4 Å². The Hall–Kier alpha value is -2.24. The van der Waals surface area contributed by atoms with Crippen LogP contribution in [0.5, 0.6) is 0 Å². The number of hydrazone groups is 1. The Labute approximate surface area is 169 Å². The standard InChI is InChI=1S/C22H36N4O2/c1-2-3-4-5-6-7-8-9-10-11-12-15-21(27)24-19-22(28)26-25-18-20-14-13-16-23-17-20/h13-14,16-18H,2-12,15,19H2,1H3,(H,24,27)(H,26,28)/b25-18-. The molecule has 6 nitrogen and oxygen atoms in total. The lowest BCUT2D eigenvalue weighted by atomic mass is 10.1. The average molecular weight is 389 g/mol. The summed E-state index contributed by atoms with van der Waals surface area (Å²) in [5, 5.41) is 6.46.